The summed E-state index contributed by atoms with van der Waals surface area (Å²) in [4.78, 5) is 139. The lowest BCUT2D eigenvalue weighted by molar-refractivity contribution is -0.136. The van der Waals surface area contributed by atoms with E-state index >= 15 is 0 Å². The van der Waals surface area contributed by atoms with Crippen molar-refractivity contribution in [1.29, 1.82) is 0 Å². The van der Waals surface area contributed by atoms with Gasteiger partial charge in [0.15, 0.2) is 5.96 Å². The van der Waals surface area contributed by atoms with E-state index in [1.54, 1.807) is 36.5 Å². The van der Waals surface area contributed by atoms with Crippen LogP contribution in [-0.2, 0) is 62.4 Å². The van der Waals surface area contributed by atoms with Gasteiger partial charge in [-0.1, -0.05) is 68.3 Å². The van der Waals surface area contributed by atoms with Crippen molar-refractivity contribution in [2.24, 2.45) is 22.2 Å². The molecule has 0 saturated carbocycles. The number of aliphatic imine (C=N–C) groups is 1. The van der Waals surface area contributed by atoms with Crippen LogP contribution >= 0.6 is 0 Å². The lowest BCUT2D eigenvalue weighted by atomic mass is 10.0. The highest BCUT2D eigenvalue weighted by Gasteiger charge is 2.37. The summed E-state index contributed by atoms with van der Waals surface area (Å²) in [6.07, 6.45) is 4.89. The zero-order valence-electron chi connectivity index (χ0n) is 41.1. The van der Waals surface area contributed by atoms with E-state index < -0.39 is 108 Å². The number of para-hydroxylation sites is 1. The van der Waals surface area contributed by atoms with E-state index in [0.29, 0.717) is 29.7 Å². The minimum Gasteiger partial charge on any atom is -0.370 e. The number of aromatic nitrogens is 3. The molecule has 0 spiro atoms. The number of hydrogen-bond acceptors (Lipinski definition) is 11. The molecule has 1 unspecified atom stereocenters. The van der Waals surface area contributed by atoms with E-state index in [4.69, 9.17) is 17.2 Å². The fourth-order valence-corrected chi connectivity index (χ4v) is 8.30. The number of H-pyrrole nitrogens is 2. The monoisotopic (exact) mass is 1010 g/mol. The smallest absolute Gasteiger partial charge is 0.245 e. The number of fused-ring (bicyclic) bond motifs is 1. The van der Waals surface area contributed by atoms with Crippen molar-refractivity contribution in [1.82, 2.24) is 57.5 Å². The molecule has 1 aliphatic heterocycles. The predicted octanol–water partition coefficient (Wildman–Crippen LogP) is -1.64. The lowest BCUT2D eigenvalue weighted by Gasteiger charge is -2.30. The Labute approximate surface area is 421 Å². The first-order valence-corrected chi connectivity index (χ1v) is 24.2. The third-order valence-corrected chi connectivity index (χ3v) is 12.2. The van der Waals surface area contributed by atoms with Gasteiger partial charge in [-0.05, 0) is 49.8 Å². The molecule has 24 heteroatoms. The third kappa shape index (κ3) is 17.2. The first-order chi connectivity index (χ1) is 34.9. The van der Waals surface area contributed by atoms with E-state index in [9.17, 15) is 43.2 Å². The van der Waals surface area contributed by atoms with E-state index in [-0.39, 0.29) is 57.5 Å². The van der Waals surface area contributed by atoms with Gasteiger partial charge in [-0.3, -0.25) is 48.1 Å². The predicted molar refractivity (Wildman–Crippen MR) is 269 cm³/mol. The summed E-state index contributed by atoms with van der Waals surface area (Å²) < 4.78 is 0. The number of unbranched alkanes of at least 4 members (excludes halogenated alkanes) is 1. The molecule has 1 aliphatic rings. The number of aromatic amines is 2. The molecule has 2 aromatic heterocycles. The van der Waals surface area contributed by atoms with Crippen molar-refractivity contribution in [3.63, 3.8) is 0 Å². The largest absolute Gasteiger partial charge is 0.370 e. The molecule has 3 heterocycles. The molecule has 73 heavy (non-hydrogen) atoms. The SMILES string of the molecule is CCCC[C@H](NC(C)=O)C(=O)N[C@H]1CCC(=O)NC(C)[C@@H](C(=O)N[C@H](Cc2c[nH]c3ccccc23)C(N)=O)NC(=O)[C@H](CCCN=C(N)N)NC(=O)[C@@H](Cc2ccccc2)NC(=O)[C@H](Cc2cnc[nH]2)NC1=O. The molecular weight excluding hydrogens is 943 g/mol. The Morgan fingerprint density at radius 2 is 1.45 bits per heavy atom. The molecule has 16 N–H and O–H groups in total. The molecule has 4 aromatic rings. The standard InChI is InChI=1S/C49H67N15O9/c1-4-5-15-34(58-28(3)65)43(68)60-36-18-19-40(66)57-27(2)41(48(73)61-37(42(50)67)22-30-24-55-33-16-10-9-14-32(30)33)64-45(70)35(17-11-20-54-49(51)52)59-46(71)38(21-29-12-7-6-8-13-29)62-47(72)39(63-44(36)69)23-31-25-53-26-56-31/h6-10,12-14,16,24-27,34-39,41,55H,4-5,11,15,17-23H2,1-3H3,(H2,50,67)(H,53,56)(H,57,66)(H,58,65)(H,59,71)(H,60,68)(H,61,73)(H,62,72)(H,63,69)(H,64,70)(H4,51,52,54)/t27?,34-,35-,36-,37+,38+,39-,41-/m0/s1. The summed E-state index contributed by atoms with van der Waals surface area (Å²) in [5, 5.41) is 22.2. The van der Waals surface area contributed by atoms with Crippen molar-refractivity contribution >= 4 is 70.0 Å². The molecule has 0 bridgehead atoms. The Hall–Kier alpha value is -8.31. The summed E-state index contributed by atoms with van der Waals surface area (Å²) in [5.41, 5.74) is 19.4. The van der Waals surface area contributed by atoms with E-state index in [2.05, 4.69) is 62.5 Å². The number of nitrogens with zero attached hydrogens (tertiary/aromatic N) is 2. The number of hydrogen-bond donors (Lipinski definition) is 13. The first-order valence-electron chi connectivity index (χ1n) is 24.2. The molecule has 0 radical (unpaired) electrons. The Kier molecular flexibility index (Phi) is 20.8. The van der Waals surface area contributed by atoms with Gasteiger partial charge in [0.2, 0.25) is 53.2 Å². The molecule has 8 atom stereocenters. The van der Waals surface area contributed by atoms with Crippen LogP contribution in [0.15, 0.2) is 78.3 Å². The van der Waals surface area contributed by atoms with Crippen molar-refractivity contribution < 1.29 is 43.2 Å². The Bertz CT molecular complexity index is 2580. The van der Waals surface area contributed by atoms with Gasteiger partial charge in [-0.2, -0.15) is 0 Å². The van der Waals surface area contributed by atoms with Gasteiger partial charge in [-0.15, -0.1) is 0 Å². The summed E-state index contributed by atoms with van der Waals surface area (Å²) in [7, 11) is 0. The molecular formula is C49H67N15O9. The highest BCUT2D eigenvalue weighted by atomic mass is 16.2. The maximum Gasteiger partial charge on any atom is 0.245 e. The average Bonchev–Trinajstić information content (AvgIpc) is 4.03. The molecule has 1 saturated heterocycles. The average molecular weight is 1010 g/mol. The quantitative estimate of drug-likeness (QED) is 0.0286. The first kappa shape index (κ1) is 55.6. The molecule has 9 amide bonds. The number of carbonyl (C=O) groups is 9. The highest BCUT2D eigenvalue weighted by Crippen LogP contribution is 2.19. The minimum atomic E-state index is -1.63. The zero-order valence-corrected chi connectivity index (χ0v) is 41.1. The molecule has 392 valence electrons. The number of nitrogens with one attached hydrogen (secondary N) is 10. The van der Waals surface area contributed by atoms with Crippen LogP contribution in [0.25, 0.3) is 10.9 Å². The second-order valence-electron chi connectivity index (χ2n) is 18.0. The number of rotatable bonds is 19. The summed E-state index contributed by atoms with van der Waals surface area (Å²) >= 11 is 0. The van der Waals surface area contributed by atoms with E-state index in [1.165, 1.54) is 26.4 Å². The number of imidazole rings is 1. The number of primary amides is 1. The van der Waals surface area contributed by atoms with Crippen LogP contribution in [0.2, 0.25) is 0 Å². The maximum atomic E-state index is 14.6. The van der Waals surface area contributed by atoms with E-state index in [1.807, 2.05) is 31.2 Å². The Morgan fingerprint density at radius 3 is 2.12 bits per heavy atom. The van der Waals surface area contributed by atoms with Gasteiger partial charge in [0, 0.05) is 68.1 Å². The molecule has 24 nitrogen and oxygen atoms in total. The van der Waals surface area contributed by atoms with Crippen molar-refractivity contribution in [3.8, 4) is 0 Å². The topological polar surface area (TPSA) is 385 Å². The molecule has 2 aromatic carbocycles. The second-order valence-corrected chi connectivity index (χ2v) is 18.0. The number of nitrogens with two attached hydrogens (primary N) is 3. The van der Waals surface area contributed by atoms with Gasteiger partial charge in [0.1, 0.15) is 42.3 Å². The van der Waals surface area contributed by atoms with Crippen molar-refractivity contribution in [3.05, 3.63) is 90.1 Å². The molecule has 1 fully saturated rings. The van der Waals surface area contributed by atoms with Crippen LogP contribution < -0.4 is 59.7 Å². The van der Waals surface area contributed by atoms with Gasteiger partial charge in [0.05, 0.1) is 12.4 Å². The Balaban J connectivity index is 1.55. The minimum absolute atomic E-state index is 0.0414. The highest BCUT2D eigenvalue weighted by molar-refractivity contribution is 5.98. The van der Waals surface area contributed by atoms with E-state index in [0.717, 1.165) is 10.9 Å². The summed E-state index contributed by atoms with van der Waals surface area (Å²) in [6, 6.07) is 5.09. The van der Waals surface area contributed by atoms with Crippen LogP contribution in [0, 0.1) is 0 Å². The van der Waals surface area contributed by atoms with Gasteiger partial charge in [-0.25, -0.2) is 4.98 Å². The lowest BCUT2D eigenvalue weighted by Crippen LogP contribution is -2.63. The summed E-state index contributed by atoms with van der Waals surface area (Å²) in [5.74, 6) is -7.43. The van der Waals surface area contributed by atoms with Crippen LogP contribution in [0.3, 0.4) is 0 Å². The normalized spacial score (nSPS) is 21.1. The van der Waals surface area contributed by atoms with Gasteiger partial charge >= 0.3 is 0 Å². The van der Waals surface area contributed by atoms with Crippen LogP contribution in [0.5, 0.6) is 0 Å². The maximum absolute atomic E-state index is 14.6. The molecule has 0 aliphatic carbocycles. The second kappa shape index (κ2) is 27.3. The molecule has 5 rings (SSSR count). The summed E-state index contributed by atoms with van der Waals surface area (Å²) in [6.45, 7) is 4.61. The van der Waals surface area contributed by atoms with Crippen LogP contribution in [0.4, 0.5) is 0 Å². The fraction of sp³-hybridized carbons (Fsp3) is 0.449. The van der Waals surface area contributed by atoms with Crippen LogP contribution in [-0.4, -0.2) is 129 Å². The third-order valence-electron chi connectivity index (χ3n) is 12.2. The van der Waals surface area contributed by atoms with Crippen molar-refractivity contribution in [2.75, 3.05) is 6.54 Å². The van der Waals surface area contributed by atoms with Crippen molar-refractivity contribution in [2.45, 2.75) is 133 Å². The zero-order chi connectivity index (χ0) is 53.0. The van der Waals surface area contributed by atoms with Gasteiger partial charge in [0.25, 0.3) is 0 Å². The Morgan fingerprint density at radius 1 is 0.781 bits per heavy atom. The number of guanidine groups is 1. The van der Waals surface area contributed by atoms with Crippen LogP contribution in [0.1, 0.15) is 82.5 Å². The van der Waals surface area contributed by atoms with Gasteiger partial charge < -0.3 is 69.7 Å². The number of carbonyl (C=O) groups excluding carboxylic acids is 9. The number of benzene rings is 2. The fourth-order valence-electron chi connectivity index (χ4n) is 8.30. The number of amides is 9.